The molecule has 6 nitrogen and oxygen atoms in total. The van der Waals surface area contributed by atoms with Crippen LogP contribution in [-0.2, 0) is 9.59 Å². The number of aromatic nitrogens is 1. The number of benzene rings is 3. The van der Waals surface area contributed by atoms with Gasteiger partial charge in [0.25, 0.3) is 5.78 Å². The maximum atomic E-state index is 13.3. The normalized spacial score (nSPS) is 17.5. The van der Waals surface area contributed by atoms with Crippen molar-refractivity contribution in [2.24, 2.45) is 0 Å². The number of anilines is 1. The summed E-state index contributed by atoms with van der Waals surface area (Å²) < 4.78 is 6.92. The van der Waals surface area contributed by atoms with Crippen molar-refractivity contribution in [3.8, 4) is 5.75 Å². The van der Waals surface area contributed by atoms with Crippen LogP contribution in [0.15, 0.2) is 76.8 Å². The van der Waals surface area contributed by atoms with E-state index in [1.54, 1.807) is 25.3 Å². The van der Waals surface area contributed by atoms with Gasteiger partial charge in [0.05, 0.1) is 28.9 Å². The van der Waals surface area contributed by atoms with Crippen LogP contribution < -0.4 is 9.64 Å². The summed E-state index contributed by atoms with van der Waals surface area (Å²) in [6, 6.07) is 19.1. The number of ketones is 1. The molecule has 8 heteroatoms. The first-order valence-corrected chi connectivity index (χ1v) is 12.1. The SMILES string of the molecule is COc1ccc2nc(N3C(=O)C(=O)/C(=C(/O)c4ccc(C)cc4)[C@@H]3c3cccc(Br)c3)sc2c1. The van der Waals surface area contributed by atoms with Crippen LogP contribution in [0.1, 0.15) is 22.7 Å². The number of hydrogen-bond acceptors (Lipinski definition) is 6. The molecule has 1 atom stereocenters. The van der Waals surface area contributed by atoms with Crippen molar-refractivity contribution in [2.45, 2.75) is 13.0 Å². The quantitative estimate of drug-likeness (QED) is 0.197. The molecule has 0 radical (unpaired) electrons. The van der Waals surface area contributed by atoms with Crippen molar-refractivity contribution in [3.63, 3.8) is 0 Å². The fourth-order valence-electron chi connectivity index (χ4n) is 4.01. The Kier molecular flexibility index (Phi) is 5.71. The standard InChI is InChI=1S/C26H19BrN2O4S/c1-14-6-8-15(9-7-14)23(30)21-22(16-4-3-5-17(27)12-16)29(25(32)24(21)31)26-28-19-11-10-18(33-2)13-20(19)34-26/h3-13,22,30H,1-2H3/b23-21+/t22-/m0/s1. The Morgan fingerprint density at radius 2 is 1.85 bits per heavy atom. The van der Waals surface area contributed by atoms with Crippen molar-refractivity contribution < 1.29 is 19.4 Å². The summed E-state index contributed by atoms with van der Waals surface area (Å²) in [5, 5.41) is 11.6. The van der Waals surface area contributed by atoms with Crippen LogP contribution in [0, 0.1) is 6.92 Å². The van der Waals surface area contributed by atoms with Crippen LogP contribution in [0.4, 0.5) is 5.13 Å². The number of fused-ring (bicyclic) bond motifs is 1. The first-order chi connectivity index (χ1) is 16.4. The summed E-state index contributed by atoms with van der Waals surface area (Å²) in [5.41, 5.74) is 2.89. The van der Waals surface area contributed by atoms with Crippen LogP contribution in [0.25, 0.3) is 16.0 Å². The smallest absolute Gasteiger partial charge is 0.301 e. The van der Waals surface area contributed by atoms with E-state index in [9.17, 15) is 14.7 Å². The number of carbonyl (C=O) groups excluding carboxylic acids is 2. The number of halogens is 1. The van der Waals surface area contributed by atoms with E-state index < -0.39 is 17.7 Å². The van der Waals surface area contributed by atoms with Crippen LogP contribution in [0.3, 0.4) is 0 Å². The second-order valence-corrected chi connectivity index (χ2v) is 9.84. The molecule has 0 spiro atoms. The van der Waals surface area contributed by atoms with Crippen LogP contribution in [-0.4, -0.2) is 28.9 Å². The van der Waals surface area contributed by atoms with E-state index in [1.807, 2.05) is 55.5 Å². The minimum absolute atomic E-state index is 0.0313. The van der Waals surface area contributed by atoms with Gasteiger partial charge < -0.3 is 9.84 Å². The van der Waals surface area contributed by atoms with Gasteiger partial charge in [-0.05, 0) is 42.8 Å². The number of thiazole rings is 1. The number of hydrogen-bond donors (Lipinski definition) is 1. The number of methoxy groups -OCH3 is 1. The molecule has 0 saturated carbocycles. The number of Topliss-reactive ketones (excluding diaryl/α,β-unsaturated/α-hetero) is 1. The van der Waals surface area contributed by atoms with Gasteiger partial charge in [-0.25, -0.2) is 4.98 Å². The average molecular weight is 535 g/mol. The molecule has 1 aliphatic rings. The van der Waals surface area contributed by atoms with Crippen molar-refractivity contribution in [1.82, 2.24) is 4.98 Å². The third-order valence-corrected chi connectivity index (χ3v) is 7.23. The summed E-state index contributed by atoms with van der Waals surface area (Å²) in [4.78, 5) is 32.6. The molecule has 0 aliphatic carbocycles. The summed E-state index contributed by atoms with van der Waals surface area (Å²) in [6.45, 7) is 1.94. The van der Waals surface area contributed by atoms with Gasteiger partial charge in [0.1, 0.15) is 11.5 Å². The fourth-order valence-corrected chi connectivity index (χ4v) is 5.45. The zero-order valence-electron chi connectivity index (χ0n) is 18.3. The predicted molar refractivity (Wildman–Crippen MR) is 136 cm³/mol. The third-order valence-electron chi connectivity index (χ3n) is 5.72. The van der Waals surface area contributed by atoms with Gasteiger partial charge in [-0.1, -0.05) is 69.2 Å². The molecular formula is C26H19BrN2O4S. The van der Waals surface area contributed by atoms with E-state index in [0.29, 0.717) is 27.5 Å². The monoisotopic (exact) mass is 534 g/mol. The molecule has 0 bridgehead atoms. The Morgan fingerprint density at radius 3 is 2.56 bits per heavy atom. The van der Waals surface area contributed by atoms with E-state index in [-0.39, 0.29) is 11.3 Å². The fraction of sp³-hybridized carbons (Fsp3) is 0.115. The number of rotatable bonds is 4. The second kappa shape index (κ2) is 8.70. The summed E-state index contributed by atoms with van der Waals surface area (Å²) in [6.07, 6.45) is 0. The number of aliphatic hydroxyl groups is 1. The van der Waals surface area contributed by atoms with Crippen molar-refractivity contribution in [1.29, 1.82) is 0 Å². The molecular weight excluding hydrogens is 516 g/mol. The maximum Gasteiger partial charge on any atom is 0.301 e. The Labute approximate surface area is 208 Å². The number of carbonyl (C=O) groups is 2. The Morgan fingerprint density at radius 1 is 1.09 bits per heavy atom. The largest absolute Gasteiger partial charge is 0.507 e. The lowest BCUT2D eigenvalue weighted by Gasteiger charge is -2.23. The topological polar surface area (TPSA) is 79.7 Å². The second-order valence-electron chi connectivity index (χ2n) is 7.92. The van der Waals surface area contributed by atoms with Crippen LogP contribution in [0.5, 0.6) is 5.75 Å². The summed E-state index contributed by atoms with van der Waals surface area (Å²) >= 11 is 4.77. The van der Waals surface area contributed by atoms with E-state index in [1.165, 1.54) is 16.2 Å². The highest BCUT2D eigenvalue weighted by molar-refractivity contribution is 9.10. The Balaban J connectivity index is 1.72. The highest BCUT2D eigenvalue weighted by atomic mass is 79.9. The van der Waals surface area contributed by atoms with Crippen LogP contribution >= 0.6 is 27.3 Å². The lowest BCUT2D eigenvalue weighted by atomic mass is 9.95. The minimum atomic E-state index is -0.832. The van der Waals surface area contributed by atoms with Crippen molar-refractivity contribution >= 4 is 60.1 Å². The zero-order chi connectivity index (χ0) is 24.0. The average Bonchev–Trinajstić information content (AvgIpc) is 3.36. The molecule has 1 N–H and O–H groups in total. The maximum absolute atomic E-state index is 13.3. The lowest BCUT2D eigenvalue weighted by molar-refractivity contribution is -0.132. The molecule has 1 aliphatic heterocycles. The summed E-state index contributed by atoms with van der Waals surface area (Å²) in [5.74, 6) is -1.02. The molecule has 1 saturated heterocycles. The van der Waals surface area contributed by atoms with Crippen molar-refractivity contribution in [2.75, 3.05) is 12.0 Å². The highest BCUT2D eigenvalue weighted by Crippen LogP contribution is 2.45. The number of amides is 1. The first kappa shape index (κ1) is 22.3. The Bertz CT molecular complexity index is 1480. The molecule has 2 heterocycles. The van der Waals surface area contributed by atoms with E-state index in [4.69, 9.17) is 4.74 Å². The molecule has 5 rings (SSSR count). The molecule has 170 valence electrons. The zero-order valence-corrected chi connectivity index (χ0v) is 20.7. The van der Waals surface area contributed by atoms with Gasteiger partial charge >= 0.3 is 5.91 Å². The predicted octanol–water partition coefficient (Wildman–Crippen LogP) is 6.00. The van der Waals surface area contributed by atoms with Gasteiger partial charge in [-0.3, -0.25) is 14.5 Å². The molecule has 0 unspecified atom stereocenters. The van der Waals surface area contributed by atoms with Gasteiger partial charge in [0, 0.05) is 10.0 Å². The highest BCUT2D eigenvalue weighted by Gasteiger charge is 2.48. The first-order valence-electron chi connectivity index (χ1n) is 10.5. The lowest BCUT2D eigenvalue weighted by Crippen LogP contribution is -2.29. The van der Waals surface area contributed by atoms with Crippen LogP contribution in [0.2, 0.25) is 0 Å². The molecule has 1 amide bonds. The number of aryl methyl sites for hydroxylation is 1. The van der Waals surface area contributed by atoms with Gasteiger partial charge in [0.2, 0.25) is 0 Å². The summed E-state index contributed by atoms with van der Waals surface area (Å²) in [7, 11) is 1.58. The van der Waals surface area contributed by atoms with Gasteiger partial charge in [0.15, 0.2) is 5.13 Å². The molecule has 1 fully saturated rings. The molecule has 1 aromatic heterocycles. The molecule has 34 heavy (non-hydrogen) atoms. The number of nitrogens with zero attached hydrogens (tertiary/aromatic N) is 2. The van der Waals surface area contributed by atoms with E-state index in [0.717, 1.165) is 14.7 Å². The van der Waals surface area contributed by atoms with Crippen molar-refractivity contribution in [3.05, 3.63) is 93.5 Å². The number of aliphatic hydroxyl groups excluding tert-OH is 1. The number of ether oxygens (including phenoxy) is 1. The third kappa shape index (κ3) is 3.78. The Hall–Kier alpha value is -3.49. The van der Waals surface area contributed by atoms with Gasteiger partial charge in [-0.2, -0.15) is 0 Å². The van der Waals surface area contributed by atoms with Gasteiger partial charge in [-0.15, -0.1) is 0 Å². The molecule has 4 aromatic rings. The molecule has 3 aromatic carbocycles. The minimum Gasteiger partial charge on any atom is -0.507 e. The van der Waals surface area contributed by atoms with E-state index in [2.05, 4.69) is 20.9 Å². The van der Waals surface area contributed by atoms with E-state index >= 15 is 0 Å².